The molecule has 18 heavy (non-hydrogen) atoms. The van der Waals surface area contributed by atoms with Gasteiger partial charge in [0.25, 0.3) is 0 Å². The molecule has 104 valence electrons. The summed E-state index contributed by atoms with van der Waals surface area (Å²) >= 11 is 3.18. The van der Waals surface area contributed by atoms with E-state index in [2.05, 4.69) is 20.7 Å². The van der Waals surface area contributed by atoms with Crippen molar-refractivity contribution in [2.45, 2.75) is 12.2 Å². The van der Waals surface area contributed by atoms with Crippen LogP contribution in [0.2, 0.25) is 0 Å². The van der Waals surface area contributed by atoms with E-state index in [1.54, 1.807) is 0 Å². The Hall–Kier alpha value is -0.830. The maximum atomic E-state index is 11.1. The Kier molecular flexibility index (Phi) is 6.41. The molecular weight excluding hydrogens is 312 g/mol. The Bertz CT molecular complexity index is 317. The van der Waals surface area contributed by atoms with E-state index in [1.165, 1.54) is 0 Å². The Morgan fingerprint density at radius 2 is 2.11 bits per heavy atom. The molecule has 0 saturated carbocycles. The third-order valence-corrected chi connectivity index (χ3v) is 2.49. The van der Waals surface area contributed by atoms with Crippen LogP contribution in [-0.4, -0.2) is 65.3 Å². The molecule has 0 radical (unpaired) electrons. The summed E-state index contributed by atoms with van der Waals surface area (Å²) in [6.07, 6.45) is -2.52. The van der Waals surface area contributed by atoms with E-state index >= 15 is 0 Å². The van der Waals surface area contributed by atoms with Gasteiger partial charge in [0.05, 0.1) is 19.8 Å². The van der Waals surface area contributed by atoms with Gasteiger partial charge in [-0.25, -0.2) is 4.79 Å². The smallest absolute Gasteiger partial charge is 0.378 e. The molecule has 3 N–H and O–H groups in total. The number of cyclic esters (lactones) is 1. The maximum Gasteiger partial charge on any atom is 0.378 e. The van der Waals surface area contributed by atoms with Gasteiger partial charge in [-0.15, -0.1) is 0 Å². The lowest BCUT2D eigenvalue weighted by molar-refractivity contribution is -0.148. The van der Waals surface area contributed by atoms with Crippen molar-refractivity contribution in [2.24, 2.45) is 0 Å². The molecule has 2 atom stereocenters. The molecule has 0 unspecified atom stereocenters. The number of alkyl halides is 1. The van der Waals surface area contributed by atoms with Crippen LogP contribution in [0.1, 0.15) is 0 Å². The molecule has 1 aliphatic heterocycles. The van der Waals surface area contributed by atoms with E-state index in [0.29, 0.717) is 11.9 Å². The molecule has 0 aliphatic carbocycles. The number of carbonyl (C=O) groups excluding carboxylic acids is 1. The number of hydrogen-bond acceptors (Lipinski definition) is 7. The number of carbonyl (C=O) groups is 1. The average molecular weight is 327 g/mol. The Labute approximate surface area is 112 Å². The predicted octanol–water partition coefficient (Wildman–Crippen LogP) is -0.537. The highest BCUT2D eigenvalue weighted by molar-refractivity contribution is 9.09. The second-order valence-electron chi connectivity index (χ2n) is 3.44. The van der Waals surface area contributed by atoms with Gasteiger partial charge in [-0.3, -0.25) is 0 Å². The zero-order valence-corrected chi connectivity index (χ0v) is 11.1. The lowest BCUT2D eigenvalue weighted by Gasteiger charge is -2.18. The fourth-order valence-electron chi connectivity index (χ4n) is 1.33. The van der Waals surface area contributed by atoms with Crippen LogP contribution >= 0.6 is 15.9 Å². The van der Waals surface area contributed by atoms with Crippen LogP contribution in [0.5, 0.6) is 0 Å². The standard InChI is InChI=1S/C10H15BrO7/c11-1-2-16-3-4-17-9-7(14)10(15)18-8(9)6(13)5-12/h6,8,12-14H,1-5H2/t6-,8+/m0/s1. The minimum Gasteiger partial charge on any atom is -0.499 e. The van der Waals surface area contributed by atoms with E-state index in [4.69, 9.17) is 14.6 Å². The summed E-state index contributed by atoms with van der Waals surface area (Å²) in [7, 11) is 0. The predicted molar refractivity (Wildman–Crippen MR) is 63.2 cm³/mol. The SMILES string of the molecule is O=C1O[C@H]([C@@H](O)CO)C(OCCOCCBr)=C1O. The third-order valence-electron chi connectivity index (χ3n) is 2.16. The van der Waals surface area contributed by atoms with E-state index < -0.39 is 30.5 Å². The minimum atomic E-state index is -1.34. The number of hydrogen-bond donors (Lipinski definition) is 3. The average Bonchev–Trinajstić information content (AvgIpc) is 2.65. The molecular formula is C10H15BrO7. The molecule has 1 heterocycles. The van der Waals surface area contributed by atoms with Gasteiger partial charge >= 0.3 is 5.97 Å². The number of rotatable bonds is 8. The summed E-state index contributed by atoms with van der Waals surface area (Å²) in [6, 6.07) is 0. The summed E-state index contributed by atoms with van der Waals surface area (Å²) in [4.78, 5) is 11.1. The van der Waals surface area contributed by atoms with Crippen molar-refractivity contribution in [2.75, 3.05) is 31.8 Å². The molecule has 1 rings (SSSR count). The number of halogens is 1. The summed E-state index contributed by atoms with van der Waals surface area (Å²) in [5.74, 6) is -1.85. The van der Waals surface area contributed by atoms with Crippen LogP contribution in [0, 0.1) is 0 Å². The molecule has 0 bridgehead atoms. The van der Waals surface area contributed by atoms with E-state index in [1.807, 2.05) is 0 Å². The Morgan fingerprint density at radius 1 is 1.39 bits per heavy atom. The van der Waals surface area contributed by atoms with Crippen LogP contribution in [0.4, 0.5) is 0 Å². The highest BCUT2D eigenvalue weighted by atomic mass is 79.9. The van der Waals surface area contributed by atoms with Gasteiger partial charge in [0, 0.05) is 5.33 Å². The molecule has 0 aromatic carbocycles. The quantitative estimate of drug-likeness (QED) is 0.312. The molecule has 0 spiro atoms. The minimum absolute atomic E-state index is 0.0949. The van der Waals surface area contributed by atoms with E-state index in [0.717, 1.165) is 0 Å². The van der Waals surface area contributed by atoms with Crippen LogP contribution in [0.15, 0.2) is 11.5 Å². The van der Waals surface area contributed by atoms with Gasteiger partial charge in [0.2, 0.25) is 5.76 Å². The molecule has 0 saturated heterocycles. The largest absolute Gasteiger partial charge is 0.499 e. The second-order valence-corrected chi connectivity index (χ2v) is 4.23. The monoisotopic (exact) mass is 326 g/mol. The summed E-state index contributed by atoms with van der Waals surface area (Å²) in [5.41, 5.74) is 0. The summed E-state index contributed by atoms with van der Waals surface area (Å²) in [6.45, 7) is 0.251. The second kappa shape index (κ2) is 7.57. The first kappa shape index (κ1) is 15.2. The van der Waals surface area contributed by atoms with Crippen molar-refractivity contribution >= 4 is 21.9 Å². The van der Waals surface area contributed by atoms with Gasteiger partial charge < -0.3 is 29.5 Å². The van der Waals surface area contributed by atoms with Crippen molar-refractivity contribution in [3.05, 3.63) is 11.5 Å². The molecule has 7 nitrogen and oxygen atoms in total. The first-order chi connectivity index (χ1) is 8.61. The Balaban J connectivity index is 2.50. The van der Waals surface area contributed by atoms with Gasteiger partial charge in [-0.05, 0) is 0 Å². The lowest BCUT2D eigenvalue weighted by Crippen LogP contribution is -2.32. The fraction of sp³-hybridized carbons (Fsp3) is 0.700. The highest BCUT2D eigenvalue weighted by Gasteiger charge is 2.40. The van der Waals surface area contributed by atoms with Crippen molar-refractivity contribution in [3.63, 3.8) is 0 Å². The molecule has 8 heteroatoms. The van der Waals surface area contributed by atoms with E-state index in [9.17, 15) is 15.0 Å². The first-order valence-electron chi connectivity index (χ1n) is 5.31. The lowest BCUT2D eigenvalue weighted by atomic mass is 10.2. The highest BCUT2D eigenvalue weighted by Crippen LogP contribution is 2.24. The third kappa shape index (κ3) is 3.84. The fourth-order valence-corrected chi connectivity index (χ4v) is 1.56. The van der Waals surface area contributed by atoms with Gasteiger partial charge in [-0.2, -0.15) is 0 Å². The normalized spacial score (nSPS) is 21.1. The number of aliphatic hydroxyl groups excluding tert-OH is 3. The topological polar surface area (TPSA) is 105 Å². The Morgan fingerprint density at radius 3 is 2.72 bits per heavy atom. The van der Waals surface area contributed by atoms with Gasteiger partial charge in [-0.1, -0.05) is 15.9 Å². The summed E-state index contributed by atoms with van der Waals surface area (Å²) in [5, 5.41) is 28.3. The maximum absolute atomic E-state index is 11.1. The summed E-state index contributed by atoms with van der Waals surface area (Å²) < 4.78 is 14.9. The van der Waals surface area contributed by atoms with Crippen LogP contribution in [0.25, 0.3) is 0 Å². The zero-order chi connectivity index (χ0) is 13.5. The van der Waals surface area contributed by atoms with Crippen molar-refractivity contribution in [3.8, 4) is 0 Å². The molecule has 0 fully saturated rings. The van der Waals surface area contributed by atoms with Gasteiger partial charge in [0.1, 0.15) is 12.7 Å². The molecule has 1 aliphatic rings. The number of aliphatic hydroxyl groups is 3. The van der Waals surface area contributed by atoms with Crippen molar-refractivity contribution < 1.29 is 34.3 Å². The van der Waals surface area contributed by atoms with Crippen LogP contribution < -0.4 is 0 Å². The number of esters is 1. The van der Waals surface area contributed by atoms with Crippen molar-refractivity contribution in [1.29, 1.82) is 0 Å². The first-order valence-corrected chi connectivity index (χ1v) is 6.43. The zero-order valence-electron chi connectivity index (χ0n) is 9.54. The van der Waals surface area contributed by atoms with Gasteiger partial charge in [0.15, 0.2) is 11.9 Å². The van der Waals surface area contributed by atoms with Crippen LogP contribution in [-0.2, 0) is 19.0 Å². The van der Waals surface area contributed by atoms with Crippen LogP contribution in [0.3, 0.4) is 0 Å². The molecule has 0 aromatic rings. The molecule has 0 aromatic heterocycles. The van der Waals surface area contributed by atoms with E-state index in [-0.39, 0.29) is 19.0 Å². The molecule has 0 amide bonds. The van der Waals surface area contributed by atoms with Crippen molar-refractivity contribution in [1.82, 2.24) is 0 Å². The number of ether oxygens (including phenoxy) is 3.